The predicted octanol–water partition coefficient (Wildman–Crippen LogP) is -0.436. The van der Waals surface area contributed by atoms with Crippen LogP contribution in [0.5, 0.6) is 0 Å². The third kappa shape index (κ3) is 1.73. The summed E-state index contributed by atoms with van der Waals surface area (Å²) in [5, 5.41) is 0. The van der Waals surface area contributed by atoms with Crippen molar-refractivity contribution in [2.45, 2.75) is 12.7 Å². The first-order chi connectivity index (χ1) is 5.41. The highest BCUT2D eigenvalue weighted by Gasteiger charge is 2.17. The lowest BCUT2D eigenvalue weighted by Crippen LogP contribution is -2.54. The molecule has 12 heavy (non-hydrogen) atoms. The number of hydrogen-bond acceptors (Lipinski definition) is 4. The van der Waals surface area contributed by atoms with E-state index in [-0.39, 0.29) is 0 Å². The maximum Gasteiger partial charge on any atom is 0.144 e. The number of rotatable bonds is 1. The Bertz CT molecular complexity index is 288. The second kappa shape index (κ2) is 2.75. The highest BCUT2D eigenvalue weighted by Crippen LogP contribution is 2.17. The van der Waals surface area contributed by atoms with Gasteiger partial charge in [-0.3, -0.25) is 17.2 Å². The third-order valence-corrected chi connectivity index (χ3v) is 1.68. The lowest BCUT2D eigenvalue weighted by Gasteiger charge is -2.21. The average Bonchev–Trinajstić information content (AvgIpc) is 1.92. The van der Waals surface area contributed by atoms with E-state index >= 15 is 0 Å². The maximum atomic E-state index is 5.64. The molecular formula is C8H14N4. The molecule has 0 atom stereocenters. The highest BCUT2D eigenvalue weighted by molar-refractivity contribution is 5.51. The summed E-state index contributed by atoms with van der Waals surface area (Å²) in [5.74, 6) is -1.35. The summed E-state index contributed by atoms with van der Waals surface area (Å²) >= 11 is 0. The maximum absolute atomic E-state index is 5.64. The van der Waals surface area contributed by atoms with Crippen LogP contribution in [0.3, 0.4) is 0 Å². The second-order valence-electron chi connectivity index (χ2n) is 3.02. The summed E-state index contributed by atoms with van der Waals surface area (Å²) in [6, 6.07) is 5.41. The van der Waals surface area contributed by atoms with Gasteiger partial charge >= 0.3 is 0 Å². The highest BCUT2D eigenvalue weighted by atomic mass is 15.1. The van der Waals surface area contributed by atoms with Gasteiger partial charge in [0.25, 0.3) is 0 Å². The molecule has 0 bridgehead atoms. The van der Waals surface area contributed by atoms with E-state index in [1.165, 1.54) is 0 Å². The van der Waals surface area contributed by atoms with Crippen LogP contribution in [0.25, 0.3) is 0 Å². The number of aryl methyl sites for hydroxylation is 1. The average molecular weight is 166 g/mol. The van der Waals surface area contributed by atoms with E-state index in [2.05, 4.69) is 0 Å². The molecule has 0 heterocycles. The zero-order valence-corrected chi connectivity index (χ0v) is 7.04. The van der Waals surface area contributed by atoms with Gasteiger partial charge in [0.1, 0.15) is 5.79 Å². The largest absolute Gasteiger partial charge is 0.398 e. The van der Waals surface area contributed by atoms with E-state index in [1.807, 2.05) is 13.0 Å². The second-order valence-corrected chi connectivity index (χ2v) is 3.02. The molecule has 0 radical (unpaired) electrons. The first-order valence-corrected chi connectivity index (χ1v) is 3.64. The predicted molar refractivity (Wildman–Crippen MR) is 49.8 cm³/mol. The van der Waals surface area contributed by atoms with E-state index in [0.717, 1.165) is 5.56 Å². The molecule has 1 rings (SSSR count). The molecule has 0 unspecified atom stereocenters. The van der Waals surface area contributed by atoms with E-state index < -0.39 is 5.79 Å². The van der Waals surface area contributed by atoms with Crippen molar-refractivity contribution in [1.82, 2.24) is 0 Å². The van der Waals surface area contributed by atoms with Crippen molar-refractivity contribution in [1.29, 1.82) is 0 Å². The summed E-state index contributed by atoms with van der Waals surface area (Å²) in [7, 11) is 0. The summed E-state index contributed by atoms with van der Waals surface area (Å²) < 4.78 is 0. The molecule has 0 fully saturated rings. The van der Waals surface area contributed by atoms with Crippen molar-refractivity contribution in [2.24, 2.45) is 17.2 Å². The number of nitrogen functional groups attached to an aromatic ring is 1. The minimum Gasteiger partial charge on any atom is -0.398 e. The summed E-state index contributed by atoms with van der Waals surface area (Å²) in [6.45, 7) is 1.93. The van der Waals surface area contributed by atoms with Crippen molar-refractivity contribution in [3.05, 3.63) is 29.3 Å². The van der Waals surface area contributed by atoms with Gasteiger partial charge in [0.2, 0.25) is 0 Å². The molecule has 0 saturated carbocycles. The van der Waals surface area contributed by atoms with Crippen LogP contribution in [0, 0.1) is 6.92 Å². The molecule has 0 aliphatic heterocycles. The summed E-state index contributed by atoms with van der Waals surface area (Å²) in [4.78, 5) is 0. The number of hydrogen-bond donors (Lipinski definition) is 4. The molecule has 1 aromatic carbocycles. The Morgan fingerprint density at radius 2 is 1.75 bits per heavy atom. The van der Waals surface area contributed by atoms with Gasteiger partial charge in [0, 0.05) is 11.3 Å². The van der Waals surface area contributed by atoms with Gasteiger partial charge < -0.3 is 5.73 Å². The van der Waals surface area contributed by atoms with Gasteiger partial charge in [0.05, 0.1) is 0 Å². The molecule has 0 saturated heterocycles. The Morgan fingerprint density at radius 1 is 1.17 bits per heavy atom. The zero-order chi connectivity index (χ0) is 9.35. The van der Waals surface area contributed by atoms with E-state index in [1.54, 1.807) is 12.1 Å². The molecule has 0 spiro atoms. The van der Waals surface area contributed by atoms with Gasteiger partial charge in [0.15, 0.2) is 0 Å². The molecular weight excluding hydrogens is 152 g/mol. The Balaban J connectivity index is 3.23. The Hall–Kier alpha value is -1.10. The van der Waals surface area contributed by atoms with E-state index in [4.69, 9.17) is 22.9 Å². The number of anilines is 1. The molecule has 1 aromatic rings. The molecule has 4 nitrogen and oxygen atoms in total. The van der Waals surface area contributed by atoms with Crippen LogP contribution in [0.15, 0.2) is 18.2 Å². The van der Waals surface area contributed by atoms with Crippen molar-refractivity contribution in [3.8, 4) is 0 Å². The quantitative estimate of drug-likeness (QED) is 0.335. The van der Waals surface area contributed by atoms with Gasteiger partial charge in [-0.25, -0.2) is 0 Å². The molecule has 4 heteroatoms. The molecule has 0 aliphatic carbocycles. The third-order valence-electron chi connectivity index (χ3n) is 1.68. The van der Waals surface area contributed by atoms with Crippen molar-refractivity contribution in [3.63, 3.8) is 0 Å². The normalized spacial score (nSPS) is 11.7. The topological polar surface area (TPSA) is 104 Å². The minimum atomic E-state index is -1.35. The van der Waals surface area contributed by atoms with Crippen molar-refractivity contribution in [2.75, 3.05) is 5.73 Å². The van der Waals surface area contributed by atoms with Crippen LogP contribution < -0.4 is 22.9 Å². The van der Waals surface area contributed by atoms with E-state index in [0.29, 0.717) is 11.3 Å². The zero-order valence-electron chi connectivity index (χ0n) is 7.04. The monoisotopic (exact) mass is 166 g/mol. The van der Waals surface area contributed by atoms with Crippen molar-refractivity contribution >= 4 is 5.69 Å². The SMILES string of the molecule is Cc1ccc(N)c(C(N)(N)N)c1. The van der Waals surface area contributed by atoms with Gasteiger partial charge in [-0.1, -0.05) is 11.6 Å². The first-order valence-electron chi connectivity index (χ1n) is 3.64. The van der Waals surface area contributed by atoms with Gasteiger partial charge in [-0.2, -0.15) is 0 Å². The van der Waals surface area contributed by atoms with Crippen molar-refractivity contribution < 1.29 is 0 Å². The molecule has 0 aromatic heterocycles. The van der Waals surface area contributed by atoms with Crippen LogP contribution in [-0.4, -0.2) is 0 Å². The standard InChI is InChI=1S/C8H14N4/c1-5-2-3-7(9)6(4-5)8(10,11)12/h2-4H,9-12H2,1H3. The summed E-state index contributed by atoms with van der Waals surface area (Å²) in [6.07, 6.45) is 0. The van der Waals surface area contributed by atoms with Crippen LogP contribution in [-0.2, 0) is 5.79 Å². The molecule has 66 valence electrons. The number of benzene rings is 1. The lowest BCUT2D eigenvalue weighted by molar-refractivity contribution is 0.490. The molecule has 0 aliphatic rings. The van der Waals surface area contributed by atoms with Crippen LogP contribution in [0.1, 0.15) is 11.1 Å². The van der Waals surface area contributed by atoms with Crippen LogP contribution in [0.2, 0.25) is 0 Å². The Labute approximate surface area is 71.5 Å². The van der Waals surface area contributed by atoms with E-state index in [9.17, 15) is 0 Å². The van der Waals surface area contributed by atoms with Crippen LogP contribution in [0.4, 0.5) is 5.69 Å². The Kier molecular flexibility index (Phi) is 2.06. The smallest absolute Gasteiger partial charge is 0.144 e. The fraction of sp³-hybridized carbons (Fsp3) is 0.250. The number of nitrogens with two attached hydrogens (primary N) is 4. The summed E-state index contributed by atoms with van der Waals surface area (Å²) in [5.41, 5.74) is 24.3. The van der Waals surface area contributed by atoms with Gasteiger partial charge in [-0.15, -0.1) is 0 Å². The molecule has 0 amide bonds. The van der Waals surface area contributed by atoms with Crippen LogP contribution >= 0.6 is 0 Å². The lowest BCUT2D eigenvalue weighted by atomic mass is 10.0. The fourth-order valence-corrected chi connectivity index (χ4v) is 1.05. The van der Waals surface area contributed by atoms with Gasteiger partial charge in [-0.05, 0) is 19.1 Å². The fourth-order valence-electron chi connectivity index (χ4n) is 1.05. The minimum absolute atomic E-state index is 0.521. The Morgan fingerprint density at radius 3 is 2.17 bits per heavy atom. The first kappa shape index (κ1) is 8.99. The molecule has 8 N–H and O–H groups in total.